The van der Waals surface area contributed by atoms with Crippen LogP contribution in [0.15, 0.2) is 59.1 Å². The number of carbonyl (C=O) groups is 1. The molecule has 0 bridgehead atoms. The van der Waals surface area contributed by atoms with Gasteiger partial charge in [-0.25, -0.2) is 9.97 Å². The minimum Gasteiger partial charge on any atom is -0.335 e. The first-order chi connectivity index (χ1) is 13.8. The lowest BCUT2D eigenvalue weighted by Gasteiger charge is -2.10. The summed E-state index contributed by atoms with van der Waals surface area (Å²) in [4.78, 5) is 20.8. The Labute approximate surface area is 162 Å². The van der Waals surface area contributed by atoms with Crippen LogP contribution < -0.4 is 5.32 Å². The average molecular weight is 398 g/mol. The van der Waals surface area contributed by atoms with E-state index in [0.717, 1.165) is 11.6 Å². The fourth-order valence-corrected chi connectivity index (χ4v) is 2.88. The number of rotatable bonds is 3. The van der Waals surface area contributed by atoms with Crippen molar-refractivity contribution in [2.45, 2.75) is 13.1 Å². The van der Waals surface area contributed by atoms with Gasteiger partial charge in [-0.05, 0) is 25.1 Å². The third kappa shape index (κ3) is 3.66. The maximum atomic E-state index is 12.9. The van der Waals surface area contributed by atoms with E-state index in [1.165, 1.54) is 12.1 Å². The van der Waals surface area contributed by atoms with Crippen molar-refractivity contribution in [1.29, 1.82) is 0 Å². The monoisotopic (exact) mass is 398 g/mol. The third-order valence-electron chi connectivity index (χ3n) is 4.21. The Hall–Kier alpha value is -3.75. The van der Waals surface area contributed by atoms with Crippen LogP contribution in [0.25, 0.3) is 22.4 Å². The summed E-state index contributed by atoms with van der Waals surface area (Å²) in [5.41, 5.74) is 0.888. The molecule has 0 aliphatic rings. The first-order valence-corrected chi connectivity index (χ1v) is 8.51. The van der Waals surface area contributed by atoms with Gasteiger partial charge in [0.25, 0.3) is 11.6 Å². The summed E-state index contributed by atoms with van der Waals surface area (Å²) in [6.07, 6.45) is -4.61. The summed E-state index contributed by atoms with van der Waals surface area (Å²) in [5, 5.41) is 6.64. The standard InChI is InChI=1S/C20H13F3N4O2/c1-11-17-13(18(28)26-16-9-5-8-15(25-16)20(21,22)23)10-14(24-19(17)29-27-11)12-6-3-2-4-7-12/h2-10H,1H3,(H,25,26,28). The maximum Gasteiger partial charge on any atom is 0.433 e. The summed E-state index contributed by atoms with van der Waals surface area (Å²) in [7, 11) is 0. The largest absolute Gasteiger partial charge is 0.433 e. The summed E-state index contributed by atoms with van der Waals surface area (Å²) >= 11 is 0. The van der Waals surface area contributed by atoms with E-state index in [4.69, 9.17) is 4.52 Å². The van der Waals surface area contributed by atoms with Crippen LogP contribution >= 0.6 is 0 Å². The van der Waals surface area contributed by atoms with Gasteiger partial charge in [0.2, 0.25) is 0 Å². The lowest BCUT2D eigenvalue weighted by atomic mass is 10.1. The number of aromatic nitrogens is 3. The molecule has 1 aromatic carbocycles. The van der Waals surface area contributed by atoms with E-state index in [2.05, 4.69) is 20.4 Å². The Bertz CT molecular complexity index is 1200. The van der Waals surface area contributed by atoms with Gasteiger partial charge in [0, 0.05) is 5.56 Å². The highest BCUT2D eigenvalue weighted by Gasteiger charge is 2.32. The van der Waals surface area contributed by atoms with Crippen LogP contribution in [0.3, 0.4) is 0 Å². The Morgan fingerprint density at radius 2 is 1.79 bits per heavy atom. The highest BCUT2D eigenvalue weighted by atomic mass is 19.4. The Balaban J connectivity index is 1.77. The second-order valence-electron chi connectivity index (χ2n) is 6.23. The molecule has 4 aromatic rings. The van der Waals surface area contributed by atoms with Crippen LogP contribution in [0.5, 0.6) is 0 Å². The fraction of sp³-hybridized carbons (Fsp3) is 0.100. The number of benzene rings is 1. The molecule has 0 saturated carbocycles. The third-order valence-corrected chi connectivity index (χ3v) is 4.21. The van der Waals surface area contributed by atoms with Crippen LogP contribution in [0, 0.1) is 6.92 Å². The van der Waals surface area contributed by atoms with Crippen molar-refractivity contribution in [2.24, 2.45) is 0 Å². The first-order valence-electron chi connectivity index (χ1n) is 8.51. The molecular weight excluding hydrogens is 385 g/mol. The lowest BCUT2D eigenvalue weighted by molar-refractivity contribution is -0.141. The zero-order valence-electron chi connectivity index (χ0n) is 15.0. The molecule has 3 aromatic heterocycles. The number of aryl methyl sites for hydroxylation is 1. The average Bonchev–Trinajstić information content (AvgIpc) is 3.08. The molecule has 0 atom stereocenters. The van der Waals surface area contributed by atoms with E-state index in [1.54, 1.807) is 13.0 Å². The van der Waals surface area contributed by atoms with Gasteiger partial charge in [-0.3, -0.25) is 4.79 Å². The molecule has 0 fully saturated rings. The van der Waals surface area contributed by atoms with Crippen molar-refractivity contribution in [3.05, 3.63) is 71.5 Å². The number of alkyl halides is 3. The molecule has 0 spiro atoms. The molecule has 0 unspecified atom stereocenters. The maximum absolute atomic E-state index is 12.9. The number of nitrogens with zero attached hydrogens (tertiary/aromatic N) is 3. The van der Waals surface area contributed by atoms with Gasteiger partial charge >= 0.3 is 6.18 Å². The van der Waals surface area contributed by atoms with Gasteiger partial charge in [0.05, 0.1) is 22.3 Å². The molecule has 1 amide bonds. The van der Waals surface area contributed by atoms with Crippen LogP contribution in [0.2, 0.25) is 0 Å². The van der Waals surface area contributed by atoms with E-state index in [-0.39, 0.29) is 17.1 Å². The van der Waals surface area contributed by atoms with Gasteiger partial charge in [0.1, 0.15) is 11.5 Å². The minimum atomic E-state index is -4.61. The Morgan fingerprint density at radius 1 is 1.03 bits per heavy atom. The molecular formula is C20H13F3N4O2. The van der Waals surface area contributed by atoms with Crippen LogP contribution in [-0.2, 0) is 6.18 Å². The van der Waals surface area contributed by atoms with E-state index >= 15 is 0 Å². The van der Waals surface area contributed by atoms with Crippen molar-refractivity contribution in [3.8, 4) is 11.3 Å². The van der Waals surface area contributed by atoms with E-state index in [0.29, 0.717) is 16.8 Å². The first kappa shape index (κ1) is 18.6. The normalized spacial score (nSPS) is 11.6. The van der Waals surface area contributed by atoms with Crippen molar-refractivity contribution >= 4 is 22.8 Å². The van der Waals surface area contributed by atoms with Crippen molar-refractivity contribution in [2.75, 3.05) is 5.32 Å². The zero-order valence-corrected chi connectivity index (χ0v) is 15.0. The predicted octanol–water partition coefficient (Wildman–Crippen LogP) is 4.86. The van der Waals surface area contributed by atoms with Crippen LogP contribution in [0.4, 0.5) is 19.0 Å². The number of carbonyl (C=O) groups excluding carboxylic acids is 1. The highest BCUT2D eigenvalue weighted by molar-refractivity contribution is 6.12. The summed E-state index contributed by atoms with van der Waals surface area (Å²) < 4.78 is 43.9. The van der Waals surface area contributed by atoms with Gasteiger partial charge < -0.3 is 9.84 Å². The van der Waals surface area contributed by atoms with E-state index in [9.17, 15) is 18.0 Å². The lowest BCUT2D eigenvalue weighted by Crippen LogP contribution is -2.16. The quantitative estimate of drug-likeness (QED) is 0.533. The number of pyridine rings is 2. The van der Waals surface area contributed by atoms with Gasteiger partial charge in [-0.1, -0.05) is 41.6 Å². The summed E-state index contributed by atoms with van der Waals surface area (Å²) in [6, 6.07) is 13.9. The van der Waals surface area contributed by atoms with Gasteiger partial charge in [0.15, 0.2) is 0 Å². The molecule has 3 heterocycles. The molecule has 4 rings (SSSR count). The number of nitrogens with one attached hydrogen (secondary N) is 1. The molecule has 0 saturated heterocycles. The second kappa shape index (κ2) is 7.01. The van der Waals surface area contributed by atoms with Crippen LogP contribution in [-0.4, -0.2) is 21.0 Å². The zero-order chi connectivity index (χ0) is 20.6. The van der Waals surface area contributed by atoms with E-state index < -0.39 is 17.8 Å². The molecule has 9 heteroatoms. The molecule has 146 valence electrons. The molecule has 0 aliphatic carbocycles. The van der Waals surface area contributed by atoms with Gasteiger partial charge in [-0.2, -0.15) is 13.2 Å². The molecule has 29 heavy (non-hydrogen) atoms. The predicted molar refractivity (Wildman–Crippen MR) is 99.2 cm³/mol. The van der Waals surface area contributed by atoms with Crippen molar-refractivity contribution in [1.82, 2.24) is 15.1 Å². The highest BCUT2D eigenvalue weighted by Crippen LogP contribution is 2.29. The molecule has 0 radical (unpaired) electrons. The Kier molecular flexibility index (Phi) is 4.50. The number of hydrogen-bond acceptors (Lipinski definition) is 5. The fourth-order valence-electron chi connectivity index (χ4n) is 2.88. The second-order valence-corrected chi connectivity index (χ2v) is 6.23. The van der Waals surface area contributed by atoms with Crippen molar-refractivity contribution < 1.29 is 22.5 Å². The smallest absolute Gasteiger partial charge is 0.335 e. The number of hydrogen-bond donors (Lipinski definition) is 1. The SMILES string of the molecule is Cc1noc2nc(-c3ccccc3)cc(C(=O)Nc3cccc(C(F)(F)F)n3)c12. The topological polar surface area (TPSA) is 80.9 Å². The summed E-state index contributed by atoms with van der Waals surface area (Å²) in [6.45, 7) is 1.65. The number of fused-ring (bicyclic) bond motifs is 1. The number of halogens is 3. The van der Waals surface area contributed by atoms with Gasteiger partial charge in [-0.15, -0.1) is 0 Å². The Morgan fingerprint density at radius 3 is 2.52 bits per heavy atom. The van der Waals surface area contributed by atoms with Crippen molar-refractivity contribution in [3.63, 3.8) is 0 Å². The minimum absolute atomic E-state index is 0.158. The summed E-state index contributed by atoms with van der Waals surface area (Å²) in [5.74, 6) is -0.863. The molecule has 0 aliphatic heterocycles. The van der Waals surface area contributed by atoms with E-state index in [1.807, 2.05) is 30.3 Å². The van der Waals surface area contributed by atoms with Crippen LogP contribution in [0.1, 0.15) is 21.7 Å². The molecule has 1 N–H and O–H groups in total. The number of amides is 1. The molecule has 6 nitrogen and oxygen atoms in total. The number of anilines is 1.